The van der Waals surface area contributed by atoms with Gasteiger partial charge in [-0.15, -0.1) is 0 Å². The fraction of sp³-hybridized carbons (Fsp3) is 0.0952. The summed E-state index contributed by atoms with van der Waals surface area (Å²) in [6.45, 7) is 0.405. The van der Waals surface area contributed by atoms with Crippen molar-refractivity contribution < 1.29 is 9.59 Å². The number of amides is 2. The molecular formula is C21H16N3O2. The summed E-state index contributed by atoms with van der Waals surface area (Å²) >= 11 is 0. The third-order valence-corrected chi connectivity index (χ3v) is 4.18. The van der Waals surface area contributed by atoms with E-state index in [-0.39, 0.29) is 11.5 Å². The Morgan fingerprint density at radius 2 is 1.85 bits per heavy atom. The van der Waals surface area contributed by atoms with Gasteiger partial charge in [0, 0.05) is 19.2 Å². The maximum Gasteiger partial charge on any atom is 0.254 e. The summed E-state index contributed by atoms with van der Waals surface area (Å²) in [5.74, 6) is -0.743. The predicted octanol–water partition coefficient (Wildman–Crippen LogP) is 2.88. The number of fused-ring (bicyclic) bond motifs is 1. The number of nitrogens with zero attached hydrogens (tertiary/aromatic N) is 2. The second-order valence-electron chi connectivity index (χ2n) is 5.95. The first-order chi connectivity index (χ1) is 12.5. The summed E-state index contributed by atoms with van der Waals surface area (Å²) in [6.07, 6.45) is 0. The quantitative estimate of drug-likeness (QED) is 0.791. The second-order valence-corrected chi connectivity index (χ2v) is 5.95. The van der Waals surface area contributed by atoms with Gasteiger partial charge in [-0.1, -0.05) is 36.4 Å². The molecule has 2 N–H and O–H groups in total. The molecule has 0 aliphatic carbocycles. The van der Waals surface area contributed by atoms with E-state index in [1.54, 1.807) is 54.4 Å². The van der Waals surface area contributed by atoms with E-state index in [0.717, 1.165) is 5.56 Å². The van der Waals surface area contributed by atoms with Gasteiger partial charge in [-0.2, -0.15) is 5.26 Å². The van der Waals surface area contributed by atoms with E-state index in [2.05, 4.69) is 12.1 Å². The minimum absolute atomic E-state index is 0.165. The molecule has 26 heavy (non-hydrogen) atoms. The van der Waals surface area contributed by atoms with Crippen molar-refractivity contribution >= 4 is 22.6 Å². The fourth-order valence-corrected chi connectivity index (χ4v) is 2.88. The number of benzene rings is 3. The standard InChI is InChI=1S/C21H16N3O2/c1-24(13-15-10-8-14(12-22)9-11-15)21(26)19-7-3-4-16-17(19)5-2-6-18(16)20(23)25/h2-5,7-11H,13H2,1H3,(H2,23,25). The van der Waals surface area contributed by atoms with Gasteiger partial charge in [-0.05, 0) is 40.6 Å². The third-order valence-electron chi connectivity index (χ3n) is 4.18. The maximum atomic E-state index is 12.9. The second kappa shape index (κ2) is 7.08. The van der Waals surface area contributed by atoms with Crippen LogP contribution in [-0.2, 0) is 6.54 Å². The molecule has 3 rings (SSSR count). The molecule has 0 saturated heterocycles. The van der Waals surface area contributed by atoms with Crippen LogP contribution in [-0.4, -0.2) is 23.8 Å². The Kier molecular flexibility index (Phi) is 4.68. The lowest BCUT2D eigenvalue weighted by atomic mass is 9.99. The molecule has 0 aliphatic heterocycles. The van der Waals surface area contributed by atoms with Crippen LogP contribution in [0.25, 0.3) is 10.8 Å². The molecule has 1 radical (unpaired) electrons. The molecule has 0 fully saturated rings. The highest BCUT2D eigenvalue weighted by atomic mass is 16.2. The summed E-state index contributed by atoms with van der Waals surface area (Å²) in [5, 5.41) is 10.1. The lowest BCUT2D eigenvalue weighted by Gasteiger charge is -2.19. The van der Waals surface area contributed by atoms with Crippen molar-refractivity contribution in [3.05, 3.63) is 82.9 Å². The lowest BCUT2D eigenvalue weighted by molar-refractivity contribution is 0.0786. The predicted molar refractivity (Wildman–Crippen MR) is 98.3 cm³/mol. The van der Waals surface area contributed by atoms with Gasteiger partial charge in [0.05, 0.1) is 17.2 Å². The molecule has 3 aromatic carbocycles. The lowest BCUT2D eigenvalue weighted by Crippen LogP contribution is -2.26. The van der Waals surface area contributed by atoms with Crippen LogP contribution in [0.3, 0.4) is 0 Å². The average Bonchev–Trinajstić information content (AvgIpc) is 2.66. The van der Waals surface area contributed by atoms with E-state index in [1.165, 1.54) is 0 Å². The monoisotopic (exact) mass is 342 g/mol. The third kappa shape index (κ3) is 3.26. The van der Waals surface area contributed by atoms with Crippen LogP contribution in [0.15, 0.2) is 54.6 Å². The first-order valence-corrected chi connectivity index (χ1v) is 7.99. The molecule has 0 spiro atoms. The van der Waals surface area contributed by atoms with Crippen molar-refractivity contribution in [1.29, 1.82) is 5.26 Å². The van der Waals surface area contributed by atoms with Gasteiger partial charge in [-0.25, -0.2) is 0 Å². The van der Waals surface area contributed by atoms with E-state index in [4.69, 9.17) is 11.0 Å². The molecular weight excluding hydrogens is 326 g/mol. The van der Waals surface area contributed by atoms with Crippen LogP contribution in [0, 0.1) is 17.4 Å². The minimum Gasteiger partial charge on any atom is -0.366 e. The minimum atomic E-state index is -0.578. The Balaban J connectivity index is 1.92. The normalized spacial score (nSPS) is 10.3. The SMILES string of the molecule is CN(Cc1ccc(C#N)cc1)C(=O)c1cccc2c(C(N)=O)[c]ccc12. The van der Waals surface area contributed by atoms with Crippen LogP contribution in [0.2, 0.25) is 0 Å². The first kappa shape index (κ1) is 17.2. The summed E-state index contributed by atoms with van der Waals surface area (Å²) in [4.78, 5) is 26.1. The Labute approximate surface area is 151 Å². The van der Waals surface area contributed by atoms with Crippen LogP contribution in [0.5, 0.6) is 0 Å². The van der Waals surface area contributed by atoms with Gasteiger partial charge in [0.1, 0.15) is 0 Å². The Bertz CT molecular complexity index is 1030. The van der Waals surface area contributed by atoms with Crippen molar-refractivity contribution in [3.8, 4) is 6.07 Å². The number of carbonyl (C=O) groups excluding carboxylic acids is 2. The number of primary amides is 1. The van der Waals surface area contributed by atoms with Crippen molar-refractivity contribution in [1.82, 2.24) is 4.90 Å². The summed E-state index contributed by atoms with van der Waals surface area (Å²) < 4.78 is 0. The van der Waals surface area contributed by atoms with Gasteiger partial charge in [-0.3, -0.25) is 9.59 Å². The highest BCUT2D eigenvalue weighted by Crippen LogP contribution is 2.23. The molecule has 3 aromatic rings. The van der Waals surface area contributed by atoms with Crippen molar-refractivity contribution in [2.45, 2.75) is 6.54 Å². The van der Waals surface area contributed by atoms with Gasteiger partial charge >= 0.3 is 0 Å². The molecule has 2 amide bonds. The van der Waals surface area contributed by atoms with Crippen molar-refractivity contribution in [3.63, 3.8) is 0 Å². The fourth-order valence-electron chi connectivity index (χ4n) is 2.88. The number of carbonyl (C=O) groups is 2. The van der Waals surface area contributed by atoms with Crippen LogP contribution >= 0.6 is 0 Å². The molecule has 127 valence electrons. The zero-order valence-corrected chi connectivity index (χ0v) is 14.2. The number of hydrogen-bond acceptors (Lipinski definition) is 3. The van der Waals surface area contributed by atoms with Crippen LogP contribution < -0.4 is 5.73 Å². The molecule has 0 aromatic heterocycles. The zero-order chi connectivity index (χ0) is 18.7. The molecule has 0 saturated carbocycles. The van der Waals surface area contributed by atoms with E-state index < -0.39 is 5.91 Å². The topological polar surface area (TPSA) is 87.2 Å². The highest BCUT2D eigenvalue weighted by Gasteiger charge is 2.17. The van der Waals surface area contributed by atoms with E-state index in [1.807, 2.05) is 12.1 Å². The Hall–Kier alpha value is -3.65. The molecule has 5 nitrogen and oxygen atoms in total. The number of nitrogens with two attached hydrogens (primary N) is 1. The van der Waals surface area contributed by atoms with Gasteiger partial charge in [0.15, 0.2) is 0 Å². The average molecular weight is 342 g/mol. The molecule has 0 atom stereocenters. The largest absolute Gasteiger partial charge is 0.366 e. The number of hydrogen-bond donors (Lipinski definition) is 1. The van der Waals surface area contributed by atoms with Gasteiger partial charge in [0.2, 0.25) is 5.91 Å². The van der Waals surface area contributed by atoms with Crippen LogP contribution in [0.4, 0.5) is 0 Å². The van der Waals surface area contributed by atoms with E-state index in [0.29, 0.717) is 28.4 Å². The first-order valence-electron chi connectivity index (χ1n) is 7.99. The van der Waals surface area contributed by atoms with E-state index in [9.17, 15) is 9.59 Å². The van der Waals surface area contributed by atoms with Gasteiger partial charge < -0.3 is 10.6 Å². The van der Waals surface area contributed by atoms with E-state index >= 15 is 0 Å². The molecule has 0 heterocycles. The molecule has 5 heteroatoms. The Morgan fingerprint density at radius 1 is 1.12 bits per heavy atom. The molecule has 0 aliphatic rings. The van der Waals surface area contributed by atoms with Crippen LogP contribution in [0.1, 0.15) is 31.8 Å². The van der Waals surface area contributed by atoms with Crippen molar-refractivity contribution in [2.75, 3.05) is 7.05 Å². The Morgan fingerprint density at radius 3 is 2.50 bits per heavy atom. The maximum absolute atomic E-state index is 12.9. The number of rotatable bonds is 4. The summed E-state index contributed by atoms with van der Waals surface area (Å²) in [6, 6.07) is 20.6. The summed E-state index contributed by atoms with van der Waals surface area (Å²) in [5.41, 5.74) is 7.67. The van der Waals surface area contributed by atoms with Gasteiger partial charge in [0.25, 0.3) is 5.91 Å². The molecule has 0 unspecified atom stereocenters. The molecule has 0 bridgehead atoms. The highest BCUT2D eigenvalue weighted by molar-refractivity contribution is 6.13. The summed E-state index contributed by atoms with van der Waals surface area (Å²) in [7, 11) is 1.71. The van der Waals surface area contributed by atoms with Crippen molar-refractivity contribution in [2.24, 2.45) is 5.73 Å². The smallest absolute Gasteiger partial charge is 0.254 e. The number of nitriles is 1. The zero-order valence-electron chi connectivity index (χ0n) is 14.2.